The van der Waals surface area contributed by atoms with Crippen molar-refractivity contribution in [3.63, 3.8) is 0 Å². The maximum Gasteiger partial charge on any atom is 0.0838 e. The summed E-state index contributed by atoms with van der Waals surface area (Å²) < 4.78 is 1.14. The van der Waals surface area contributed by atoms with Crippen molar-refractivity contribution in [3.05, 3.63) is 34.3 Å². The highest BCUT2D eigenvalue weighted by Gasteiger charge is 2.49. The molecule has 1 aliphatic carbocycles. The largest absolute Gasteiger partial charge is 0.303 e. The van der Waals surface area contributed by atoms with E-state index >= 15 is 0 Å². The number of benzene rings is 1. The van der Waals surface area contributed by atoms with Gasteiger partial charge in [-0.3, -0.25) is 0 Å². The summed E-state index contributed by atoms with van der Waals surface area (Å²) in [5.74, 6) is 7.21. The van der Waals surface area contributed by atoms with Gasteiger partial charge in [-0.25, -0.2) is 0 Å². The quantitative estimate of drug-likeness (QED) is 0.702. The second kappa shape index (κ2) is 3.10. The lowest BCUT2D eigenvalue weighted by atomic mass is 9.67. The van der Waals surface area contributed by atoms with E-state index in [0.717, 1.165) is 17.6 Å². The fraction of sp³-hybridized carbons (Fsp3) is 0.385. The average Bonchev–Trinajstić information content (AvgIpc) is 2.43. The minimum Gasteiger partial charge on any atom is -0.303 e. The van der Waals surface area contributed by atoms with Crippen molar-refractivity contribution < 1.29 is 0 Å². The van der Waals surface area contributed by atoms with Gasteiger partial charge in [-0.1, -0.05) is 39.9 Å². The zero-order chi connectivity index (χ0) is 10.5. The average molecular weight is 262 g/mol. The third-order valence-corrected chi connectivity index (χ3v) is 3.97. The lowest BCUT2D eigenvalue weighted by Gasteiger charge is -2.33. The Morgan fingerprint density at radius 1 is 1.40 bits per heavy atom. The normalized spacial score (nSPS) is 32.8. The summed E-state index contributed by atoms with van der Waals surface area (Å²) >= 11 is 3.47. The molecule has 1 aliphatic heterocycles. The van der Waals surface area contributed by atoms with E-state index in [1.54, 1.807) is 0 Å². The zero-order valence-electron chi connectivity index (χ0n) is 8.63. The van der Waals surface area contributed by atoms with E-state index in [-0.39, 0.29) is 5.41 Å². The number of likely N-dealkylation sites (tertiary alicyclic amines) is 1. The van der Waals surface area contributed by atoms with Gasteiger partial charge in [0.1, 0.15) is 0 Å². The van der Waals surface area contributed by atoms with Gasteiger partial charge in [-0.05, 0) is 24.7 Å². The van der Waals surface area contributed by atoms with Crippen LogP contribution < -0.4 is 0 Å². The molecule has 0 spiro atoms. The Kier molecular flexibility index (Phi) is 1.95. The highest BCUT2D eigenvalue weighted by Crippen LogP contribution is 2.42. The Morgan fingerprint density at radius 2 is 2.13 bits per heavy atom. The van der Waals surface area contributed by atoms with Gasteiger partial charge in [0.2, 0.25) is 0 Å². The van der Waals surface area contributed by atoms with Crippen LogP contribution in [0.15, 0.2) is 28.7 Å². The number of fused-ring (bicyclic) bond motifs is 1. The van der Waals surface area contributed by atoms with E-state index in [4.69, 9.17) is 0 Å². The number of halogens is 1. The first-order chi connectivity index (χ1) is 7.21. The molecular weight excluding hydrogens is 250 g/mol. The van der Waals surface area contributed by atoms with Gasteiger partial charge in [-0.2, -0.15) is 0 Å². The molecule has 0 saturated carbocycles. The monoisotopic (exact) mass is 261 g/mol. The molecule has 0 aromatic heterocycles. The van der Waals surface area contributed by atoms with Crippen LogP contribution in [0.5, 0.6) is 0 Å². The van der Waals surface area contributed by atoms with Crippen molar-refractivity contribution in [2.45, 2.75) is 5.41 Å². The van der Waals surface area contributed by atoms with Gasteiger partial charge >= 0.3 is 0 Å². The highest BCUT2D eigenvalue weighted by molar-refractivity contribution is 9.10. The SMILES string of the molecule is CN1C[C@H]2C#C[C@@]2(c2ccc(Br)cc2)C1. The van der Waals surface area contributed by atoms with Gasteiger partial charge in [0, 0.05) is 17.6 Å². The number of hydrogen-bond donors (Lipinski definition) is 0. The van der Waals surface area contributed by atoms with Crippen molar-refractivity contribution in [1.82, 2.24) is 4.90 Å². The first kappa shape index (κ1) is 9.45. The van der Waals surface area contributed by atoms with E-state index in [2.05, 4.69) is 64.0 Å². The maximum absolute atomic E-state index is 3.47. The van der Waals surface area contributed by atoms with E-state index in [9.17, 15) is 0 Å². The van der Waals surface area contributed by atoms with E-state index < -0.39 is 0 Å². The van der Waals surface area contributed by atoms with Crippen LogP contribution in [0.1, 0.15) is 5.56 Å². The van der Waals surface area contributed by atoms with Crippen LogP contribution >= 0.6 is 15.9 Å². The smallest absolute Gasteiger partial charge is 0.0838 e. The Bertz CT molecular complexity index is 454. The molecule has 1 nitrogen and oxygen atoms in total. The molecule has 2 heteroatoms. The van der Waals surface area contributed by atoms with E-state index in [1.807, 2.05) is 0 Å². The minimum absolute atomic E-state index is 0.134. The molecule has 15 heavy (non-hydrogen) atoms. The van der Waals surface area contributed by atoms with Gasteiger partial charge in [0.15, 0.2) is 0 Å². The summed E-state index contributed by atoms with van der Waals surface area (Å²) in [7, 11) is 2.17. The Hall–Kier alpha value is -0.780. The van der Waals surface area contributed by atoms with Crippen LogP contribution in [0.4, 0.5) is 0 Å². The molecule has 1 saturated heterocycles. The highest BCUT2D eigenvalue weighted by atomic mass is 79.9. The fourth-order valence-electron chi connectivity index (χ4n) is 2.61. The van der Waals surface area contributed by atoms with Crippen molar-refractivity contribution in [1.29, 1.82) is 0 Å². The second-order valence-corrected chi connectivity index (χ2v) is 5.41. The number of rotatable bonds is 1. The lowest BCUT2D eigenvalue weighted by molar-refractivity contribution is 0.398. The first-order valence-corrected chi connectivity index (χ1v) is 5.97. The molecule has 0 N–H and O–H groups in total. The van der Waals surface area contributed by atoms with Crippen LogP contribution in [-0.2, 0) is 5.41 Å². The third kappa shape index (κ3) is 1.27. The number of hydrogen-bond acceptors (Lipinski definition) is 1. The zero-order valence-corrected chi connectivity index (χ0v) is 10.2. The minimum atomic E-state index is 0.134. The summed E-state index contributed by atoms with van der Waals surface area (Å²) in [6.07, 6.45) is 0. The Morgan fingerprint density at radius 3 is 2.67 bits per heavy atom. The van der Waals surface area contributed by atoms with Crippen molar-refractivity contribution in [2.75, 3.05) is 20.1 Å². The molecule has 3 rings (SSSR count). The van der Waals surface area contributed by atoms with Crippen molar-refractivity contribution in [2.24, 2.45) is 5.92 Å². The third-order valence-electron chi connectivity index (χ3n) is 3.44. The van der Waals surface area contributed by atoms with Gasteiger partial charge in [0.05, 0.1) is 11.3 Å². The molecule has 0 bridgehead atoms. The van der Waals surface area contributed by atoms with Crippen LogP contribution in [-0.4, -0.2) is 25.0 Å². The molecule has 1 heterocycles. The second-order valence-electron chi connectivity index (χ2n) is 4.50. The number of likely N-dealkylation sites (N-methyl/N-ethyl adjacent to an activating group) is 1. The maximum atomic E-state index is 3.47. The van der Waals surface area contributed by atoms with Crippen molar-refractivity contribution >= 4 is 15.9 Å². The van der Waals surface area contributed by atoms with Crippen LogP contribution in [0.3, 0.4) is 0 Å². The molecule has 2 aliphatic rings. The summed E-state index contributed by atoms with van der Waals surface area (Å²) in [4.78, 5) is 2.36. The molecule has 0 unspecified atom stereocenters. The Labute approximate surface area is 98.6 Å². The molecular formula is C13H12BrN. The van der Waals surface area contributed by atoms with Crippen molar-refractivity contribution in [3.8, 4) is 11.8 Å². The van der Waals surface area contributed by atoms with Gasteiger partial charge in [0.25, 0.3) is 0 Å². The topological polar surface area (TPSA) is 3.24 Å². The summed E-state index contributed by atoms with van der Waals surface area (Å²) in [5, 5.41) is 0. The molecule has 76 valence electrons. The van der Waals surface area contributed by atoms with Crippen LogP contribution in [0.25, 0.3) is 0 Å². The summed E-state index contributed by atoms with van der Waals surface area (Å²) in [5.41, 5.74) is 1.51. The van der Waals surface area contributed by atoms with E-state index in [1.165, 1.54) is 5.56 Å². The van der Waals surface area contributed by atoms with Crippen LogP contribution in [0.2, 0.25) is 0 Å². The predicted octanol–water partition coefficient (Wildman–Crippen LogP) is 2.27. The number of nitrogens with zero attached hydrogens (tertiary/aromatic N) is 1. The molecule has 0 radical (unpaired) electrons. The first-order valence-electron chi connectivity index (χ1n) is 5.18. The molecule has 0 amide bonds. The van der Waals surface area contributed by atoms with Gasteiger partial charge < -0.3 is 4.90 Å². The standard InChI is InChI=1S/C13H12BrN/c1-15-8-11-6-7-13(11,9-15)10-2-4-12(14)5-3-10/h2-5,11H,8-9H2,1H3/t11-,13+/m1/s1. The molecule has 1 fully saturated rings. The summed E-state index contributed by atoms with van der Waals surface area (Å²) in [6, 6.07) is 8.62. The van der Waals surface area contributed by atoms with Gasteiger partial charge in [-0.15, -0.1) is 0 Å². The Balaban J connectivity index is 2.02. The fourth-order valence-corrected chi connectivity index (χ4v) is 2.88. The van der Waals surface area contributed by atoms with Crippen LogP contribution in [0, 0.1) is 17.8 Å². The molecule has 2 atom stereocenters. The summed E-state index contributed by atoms with van der Waals surface area (Å²) in [6.45, 7) is 2.19. The van der Waals surface area contributed by atoms with E-state index in [0.29, 0.717) is 5.92 Å². The predicted molar refractivity (Wildman–Crippen MR) is 64.6 cm³/mol. The lowest BCUT2D eigenvalue weighted by Crippen LogP contribution is -2.38. The molecule has 1 aromatic rings. The molecule has 1 aromatic carbocycles.